The Morgan fingerprint density at radius 3 is 2.83 bits per heavy atom. The van der Waals surface area contributed by atoms with Crippen molar-refractivity contribution < 1.29 is 4.39 Å². The average molecular weight is 247 g/mol. The van der Waals surface area contributed by atoms with Crippen LogP contribution in [0.15, 0.2) is 12.1 Å². The molecule has 0 radical (unpaired) electrons. The van der Waals surface area contributed by atoms with Gasteiger partial charge < -0.3 is 5.73 Å². The molecule has 2 atom stereocenters. The summed E-state index contributed by atoms with van der Waals surface area (Å²) in [6, 6.07) is 3.46. The number of nitrogen functional groups attached to an aromatic ring is 1. The summed E-state index contributed by atoms with van der Waals surface area (Å²) in [6.07, 6.45) is 1.03. The van der Waals surface area contributed by atoms with E-state index in [1.165, 1.54) is 0 Å². The third-order valence-electron chi connectivity index (χ3n) is 3.39. The van der Waals surface area contributed by atoms with Gasteiger partial charge in [-0.25, -0.2) is 9.07 Å². The van der Waals surface area contributed by atoms with E-state index in [2.05, 4.69) is 22.4 Å². The fourth-order valence-corrected chi connectivity index (χ4v) is 2.20. The van der Waals surface area contributed by atoms with Crippen LogP contribution in [0.1, 0.15) is 24.9 Å². The fraction of sp³-hybridized carbons (Fsp3) is 0.417. The first-order chi connectivity index (χ1) is 8.58. The van der Waals surface area contributed by atoms with E-state index in [1.807, 2.05) is 0 Å². The van der Waals surface area contributed by atoms with Crippen LogP contribution in [0, 0.1) is 18.7 Å². The molecule has 2 unspecified atom stereocenters. The van der Waals surface area contributed by atoms with Gasteiger partial charge in [0.15, 0.2) is 5.82 Å². The Kier molecular flexibility index (Phi) is 2.33. The van der Waals surface area contributed by atoms with E-state index < -0.39 is 0 Å². The Balaban J connectivity index is 2.13. The number of nitrogens with two attached hydrogens (primary N) is 1. The van der Waals surface area contributed by atoms with Crippen LogP contribution in [0.3, 0.4) is 0 Å². The molecule has 0 aliphatic heterocycles. The number of aryl methyl sites for hydroxylation is 1. The number of tetrazole rings is 1. The maximum atomic E-state index is 14.1. The van der Waals surface area contributed by atoms with Crippen LogP contribution in [-0.2, 0) is 0 Å². The maximum Gasteiger partial charge on any atom is 0.185 e. The van der Waals surface area contributed by atoms with Gasteiger partial charge >= 0.3 is 0 Å². The Morgan fingerprint density at radius 1 is 1.44 bits per heavy atom. The van der Waals surface area contributed by atoms with Crippen molar-refractivity contribution in [2.24, 2.45) is 5.92 Å². The molecule has 6 heteroatoms. The van der Waals surface area contributed by atoms with Crippen molar-refractivity contribution in [1.29, 1.82) is 0 Å². The second-order valence-corrected chi connectivity index (χ2v) is 4.93. The van der Waals surface area contributed by atoms with Crippen LogP contribution in [-0.4, -0.2) is 20.2 Å². The molecule has 1 heterocycles. The lowest BCUT2D eigenvalue weighted by Crippen LogP contribution is -2.04. The standard InChI is InChI=1S/C12H14FN5/c1-6-4-10(6)18-12(15-16-17-18)9-5-8(14)3-7(2)11(9)13/h3,5-6,10H,4,14H2,1-2H3. The normalized spacial score (nSPS) is 22.2. The molecule has 1 fully saturated rings. The minimum atomic E-state index is -0.312. The van der Waals surface area contributed by atoms with Gasteiger partial charge in [0.05, 0.1) is 11.6 Å². The highest BCUT2D eigenvalue weighted by Crippen LogP contribution is 2.44. The maximum absolute atomic E-state index is 14.1. The summed E-state index contributed by atoms with van der Waals surface area (Å²) in [5.41, 5.74) is 7.15. The predicted octanol–water partition coefficient (Wildman–Crippen LogP) is 1.95. The Labute approximate surface area is 104 Å². The minimum absolute atomic E-state index is 0.274. The summed E-state index contributed by atoms with van der Waals surface area (Å²) >= 11 is 0. The molecule has 2 N–H and O–H groups in total. The van der Waals surface area contributed by atoms with Crippen molar-refractivity contribution in [3.63, 3.8) is 0 Å². The first-order valence-electron chi connectivity index (χ1n) is 5.91. The highest BCUT2D eigenvalue weighted by molar-refractivity contribution is 5.63. The molecular weight excluding hydrogens is 233 g/mol. The molecule has 0 spiro atoms. The molecule has 5 nitrogen and oxygen atoms in total. The predicted molar refractivity (Wildman–Crippen MR) is 65.2 cm³/mol. The second kappa shape index (κ2) is 3.76. The molecule has 94 valence electrons. The number of hydrogen-bond acceptors (Lipinski definition) is 4. The van der Waals surface area contributed by atoms with Gasteiger partial charge in [0.2, 0.25) is 0 Å². The molecule has 1 aromatic heterocycles. The zero-order valence-corrected chi connectivity index (χ0v) is 10.3. The quantitative estimate of drug-likeness (QED) is 0.823. The lowest BCUT2D eigenvalue weighted by molar-refractivity contribution is 0.578. The Bertz CT molecular complexity index is 607. The SMILES string of the molecule is Cc1cc(N)cc(-c2nnnn2C2CC2C)c1F. The number of rotatable bonds is 2. The van der Waals surface area contributed by atoms with Gasteiger partial charge in [0, 0.05) is 5.69 Å². The lowest BCUT2D eigenvalue weighted by atomic mass is 10.1. The van der Waals surface area contributed by atoms with E-state index in [-0.39, 0.29) is 11.9 Å². The zero-order valence-electron chi connectivity index (χ0n) is 10.3. The number of aromatic nitrogens is 4. The summed E-state index contributed by atoms with van der Waals surface area (Å²) in [6.45, 7) is 3.81. The number of anilines is 1. The lowest BCUT2D eigenvalue weighted by Gasteiger charge is -2.07. The van der Waals surface area contributed by atoms with Gasteiger partial charge in [-0.15, -0.1) is 5.10 Å². The molecule has 1 aromatic carbocycles. The van der Waals surface area contributed by atoms with Gasteiger partial charge in [0.1, 0.15) is 5.82 Å². The van der Waals surface area contributed by atoms with E-state index in [0.717, 1.165) is 6.42 Å². The first-order valence-corrected chi connectivity index (χ1v) is 5.91. The second-order valence-electron chi connectivity index (χ2n) is 4.93. The van der Waals surface area contributed by atoms with Crippen LogP contribution >= 0.6 is 0 Å². The van der Waals surface area contributed by atoms with Crippen molar-refractivity contribution >= 4 is 5.69 Å². The van der Waals surface area contributed by atoms with E-state index in [4.69, 9.17) is 5.73 Å². The van der Waals surface area contributed by atoms with Crippen molar-refractivity contribution in [3.05, 3.63) is 23.5 Å². The molecule has 2 aromatic rings. The molecule has 1 aliphatic rings. The van der Waals surface area contributed by atoms with Crippen LogP contribution in [0.4, 0.5) is 10.1 Å². The fourth-order valence-electron chi connectivity index (χ4n) is 2.20. The highest BCUT2D eigenvalue weighted by atomic mass is 19.1. The summed E-state index contributed by atoms with van der Waals surface area (Å²) in [5, 5.41) is 11.5. The van der Waals surface area contributed by atoms with E-state index in [1.54, 1.807) is 23.7 Å². The molecule has 1 saturated carbocycles. The minimum Gasteiger partial charge on any atom is -0.399 e. The van der Waals surface area contributed by atoms with E-state index >= 15 is 0 Å². The van der Waals surface area contributed by atoms with Crippen molar-refractivity contribution in [2.45, 2.75) is 26.3 Å². The van der Waals surface area contributed by atoms with Crippen molar-refractivity contribution in [3.8, 4) is 11.4 Å². The number of halogens is 1. The van der Waals surface area contributed by atoms with Crippen LogP contribution in [0.5, 0.6) is 0 Å². The molecule has 3 rings (SSSR count). The molecule has 0 saturated heterocycles. The van der Waals surface area contributed by atoms with Gasteiger partial charge in [0.25, 0.3) is 0 Å². The molecule has 0 amide bonds. The van der Waals surface area contributed by atoms with E-state index in [9.17, 15) is 4.39 Å². The topological polar surface area (TPSA) is 69.6 Å². The van der Waals surface area contributed by atoms with Gasteiger partial charge in [-0.2, -0.15) is 0 Å². The average Bonchev–Trinajstić information content (AvgIpc) is 2.87. The monoisotopic (exact) mass is 247 g/mol. The number of benzene rings is 1. The van der Waals surface area contributed by atoms with Crippen molar-refractivity contribution in [1.82, 2.24) is 20.2 Å². The van der Waals surface area contributed by atoms with Gasteiger partial charge in [-0.1, -0.05) is 6.92 Å². The third-order valence-corrected chi connectivity index (χ3v) is 3.39. The molecular formula is C12H14FN5. The van der Waals surface area contributed by atoms with Gasteiger partial charge in [-0.3, -0.25) is 0 Å². The Hall–Kier alpha value is -1.98. The number of hydrogen-bond donors (Lipinski definition) is 1. The third kappa shape index (κ3) is 1.64. The van der Waals surface area contributed by atoms with Crippen molar-refractivity contribution in [2.75, 3.05) is 5.73 Å². The summed E-state index contributed by atoms with van der Waals surface area (Å²) in [5.74, 6) is 0.684. The highest BCUT2D eigenvalue weighted by Gasteiger charge is 2.37. The van der Waals surface area contributed by atoms with Crippen LogP contribution in [0.25, 0.3) is 11.4 Å². The smallest absolute Gasteiger partial charge is 0.185 e. The number of nitrogens with zero attached hydrogens (tertiary/aromatic N) is 4. The summed E-state index contributed by atoms with van der Waals surface area (Å²) < 4.78 is 15.8. The molecule has 18 heavy (non-hydrogen) atoms. The molecule has 1 aliphatic carbocycles. The van der Waals surface area contributed by atoms with E-state index in [0.29, 0.717) is 28.6 Å². The van der Waals surface area contributed by atoms with Gasteiger partial charge in [-0.05, 0) is 47.4 Å². The largest absolute Gasteiger partial charge is 0.399 e. The van der Waals surface area contributed by atoms with Crippen LogP contribution in [0.2, 0.25) is 0 Å². The van der Waals surface area contributed by atoms with Crippen LogP contribution < -0.4 is 5.73 Å². The Morgan fingerprint density at radius 2 is 2.17 bits per heavy atom. The molecule has 0 bridgehead atoms. The first kappa shape index (κ1) is 11.1. The summed E-state index contributed by atoms with van der Waals surface area (Å²) in [7, 11) is 0. The summed E-state index contributed by atoms with van der Waals surface area (Å²) in [4.78, 5) is 0. The zero-order chi connectivity index (χ0) is 12.9.